The van der Waals surface area contributed by atoms with Crippen molar-refractivity contribution in [2.45, 2.75) is 32.1 Å². The molecule has 0 bridgehead atoms. The van der Waals surface area contributed by atoms with Crippen molar-refractivity contribution in [3.8, 4) is 0 Å². The minimum Gasteiger partial charge on any atom is -0.273 e. The third-order valence-corrected chi connectivity index (χ3v) is 5.96. The molecule has 1 amide bonds. The second-order valence-corrected chi connectivity index (χ2v) is 7.64. The molecule has 27 heavy (non-hydrogen) atoms. The van der Waals surface area contributed by atoms with Crippen molar-refractivity contribution in [1.29, 1.82) is 0 Å². The van der Waals surface area contributed by atoms with Gasteiger partial charge in [0.05, 0.1) is 5.71 Å². The summed E-state index contributed by atoms with van der Waals surface area (Å²) in [6, 6.07) is 21.1. The van der Waals surface area contributed by atoms with Gasteiger partial charge in [0.1, 0.15) is 0 Å². The van der Waals surface area contributed by atoms with Crippen LogP contribution in [0.3, 0.4) is 0 Å². The van der Waals surface area contributed by atoms with E-state index in [0.717, 1.165) is 30.5 Å². The van der Waals surface area contributed by atoms with E-state index in [9.17, 15) is 4.79 Å². The summed E-state index contributed by atoms with van der Waals surface area (Å²) in [6.07, 6.45) is 3.14. The minimum atomic E-state index is 0.0223. The minimum absolute atomic E-state index is 0.0223. The van der Waals surface area contributed by atoms with Gasteiger partial charge in [-0.15, -0.1) is 0 Å². The fraction of sp³-hybridized carbons (Fsp3) is 0.250. The van der Waals surface area contributed by atoms with E-state index in [2.05, 4.69) is 53.0 Å². The lowest BCUT2D eigenvalue weighted by Crippen LogP contribution is -2.21. The molecule has 0 heterocycles. The molecular weight excluding hydrogens is 332 g/mol. The fourth-order valence-electron chi connectivity index (χ4n) is 4.40. The molecule has 1 N–H and O–H groups in total. The molecule has 0 unspecified atom stereocenters. The lowest BCUT2D eigenvalue weighted by Gasteiger charge is -2.09. The summed E-state index contributed by atoms with van der Waals surface area (Å²) in [4.78, 5) is 12.5. The van der Waals surface area contributed by atoms with Crippen LogP contribution in [0.25, 0.3) is 10.8 Å². The molecule has 1 saturated carbocycles. The molecule has 3 aromatic rings. The molecule has 3 nitrogen and oxygen atoms in total. The Balaban J connectivity index is 1.35. The summed E-state index contributed by atoms with van der Waals surface area (Å²) in [6.45, 7) is 1.97. The number of benzene rings is 3. The van der Waals surface area contributed by atoms with Crippen LogP contribution >= 0.6 is 0 Å². The average Bonchev–Trinajstić information content (AvgIpc) is 3.41. The topological polar surface area (TPSA) is 41.5 Å². The molecule has 0 spiro atoms. The van der Waals surface area contributed by atoms with E-state index in [1.165, 1.54) is 27.5 Å². The molecule has 0 aromatic heterocycles. The standard InChI is InChI=1S/C24H22N2O/c1-15(19-13-12-18-11-10-17-8-5-9-20(19)23(17)18)25-26-24(27)22-14-21(22)16-6-3-2-4-7-16/h2-9,12-13,21-22H,10-11,14H2,1H3,(H,26,27)/b25-15-/t21-,22-/m0/s1. The molecule has 3 aromatic carbocycles. The van der Waals surface area contributed by atoms with Gasteiger partial charge in [0.15, 0.2) is 0 Å². The van der Waals surface area contributed by atoms with Crippen molar-refractivity contribution in [3.63, 3.8) is 0 Å². The summed E-state index contributed by atoms with van der Waals surface area (Å²) < 4.78 is 0. The van der Waals surface area contributed by atoms with E-state index in [-0.39, 0.29) is 11.8 Å². The lowest BCUT2D eigenvalue weighted by molar-refractivity contribution is -0.122. The van der Waals surface area contributed by atoms with Gasteiger partial charge in [-0.3, -0.25) is 4.79 Å². The largest absolute Gasteiger partial charge is 0.273 e. The second kappa shape index (κ2) is 6.34. The number of hydrogen-bond acceptors (Lipinski definition) is 2. The predicted molar refractivity (Wildman–Crippen MR) is 109 cm³/mol. The highest BCUT2D eigenvalue weighted by atomic mass is 16.2. The lowest BCUT2D eigenvalue weighted by atomic mass is 9.98. The van der Waals surface area contributed by atoms with E-state index in [4.69, 9.17) is 0 Å². The zero-order chi connectivity index (χ0) is 18.4. The highest BCUT2D eigenvalue weighted by Crippen LogP contribution is 2.47. The summed E-state index contributed by atoms with van der Waals surface area (Å²) in [7, 11) is 0. The summed E-state index contributed by atoms with van der Waals surface area (Å²) in [5.41, 5.74) is 8.85. The van der Waals surface area contributed by atoms with Gasteiger partial charge in [0.25, 0.3) is 0 Å². The first kappa shape index (κ1) is 16.2. The number of nitrogens with one attached hydrogen (secondary N) is 1. The van der Waals surface area contributed by atoms with Crippen LogP contribution in [0.1, 0.15) is 41.5 Å². The van der Waals surface area contributed by atoms with Gasteiger partial charge in [0.2, 0.25) is 5.91 Å². The maximum Gasteiger partial charge on any atom is 0.243 e. The molecule has 2 aliphatic rings. The van der Waals surface area contributed by atoms with Gasteiger partial charge in [-0.05, 0) is 59.6 Å². The molecule has 0 saturated heterocycles. The zero-order valence-electron chi connectivity index (χ0n) is 15.4. The van der Waals surface area contributed by atoms with Gasteiger partial charge in [0, 0.05) is 11.5 Å². The van der Waals surface area contributed by atoms with Crippen molar-refractivity contribution in [2.24, 2.45) is 11.0 Å². The van der Waals surface area contributed by atoms with Gasteiger partial charge < -0.3 is 0 Å². The molecular formula is C24H22N2O. The van der Waals surface area contributed by atoms with Crippen LogP contribution in [0, 0.1) is 5.92 Å². The normalized spacial score (nSPS) is 20.7. The Kier molecular flexibility index (Phi) is 3.82. The van der Waals surface area contributed by atoms with Gasteiger partial charge in [-0.25, -0.2) is 5.43 Å². The van der Waals surface area contributed by atoms with Gasteiger partial charge in [-0.1, -0.05) is 60.7 Å². The Bertz CT molecular complexity index is 1060. The number of rotatable bonds is 4. The summed E-state index contributed by atoms with van der Waals surface area (Å²) in [5, 5.41) is 7.05. The molecule has 5 rings (SSSR count). The van der Waals surface area contributed by atoms with Gasteiger partial charge in [-0.2, -0.15) is 5.10 Å². The monoisotopic (exact) mass is 354 g/mol. The molecule has 3 heteroatoms. The third-order valence-electron chi connectivity index (χ3n) is 5.96. The van der Waals surface area contributed by atoms with E-state index in [1.54, 1.807) is 0 Å². The second-order valence-electron chi connectivity index (χ2n) is 7.64. The average molecular weight is 354 g/mol. The Morgan fingerprint density at radius 2 is 1.74 bits per heavy atom. The first-order valence-electron chi connectivity index (χ1n) is 9.65. The third kappa shape index (κ3) is 2.84. The molecule has 134 valence electrons. The number of hydrogen-bond donors (Lipinski definition) is 1. The van der Waals surface area contributed by atoms with E-state index >= 15 is 0 Å². The Morgan fingerprint density at radius 1 is 0.963 bits per heavy atom. The number of amides is 1. The van der Waals surface area contributed by atoms with Crippen LogP contribution < -0.4 is 5.43 Å². The summed E-state index contributed by atoms with van der Waals surface area (Å²) >= 11 is 0. The van der Waals surface area contributed by atoms with Crippen LogP contribution in [0.5, 0.6) is 0 Å². The van der Waals surface area contributed by atoms with Crippen LogP contribution in [0.4, 0.5) is 0 Å². The molecule has 1 fully saturated rings. The van der Waals surface area contributed by atoms with Crippen molar-refractivity contribution in [3.05, 3.63) is 82.9 Å². The van der Waals surface area contributed by atoms with Crippen molar-refractivity contribution in [1.82, 2.24) is 5.43 Å². The highest BCUT2D eigenvalue weighted by molar-refractivity contribution is 6.11. The quantitative estimate of drug-likeness (QED) is 0.541. The number of carbonyl (C=O) groups excluding carboxylic acids is 1. The van der Waals surface area contributed by atoms with Crippen molar-refractivity contribution < 1.29 is 4.79 Å². The van der Waals surface area contributed by atoms with E-state index < -0.39 is 0 Å². The maximum atomic E-state index is 12.5. The SMILES string of the molecule is C/C(=N/NC(=O)[C@H]1C[C@H]1c1ccccc1)c1ccc2c3c(cccc13)CC2. The Labute approximate surface area is 159 Å². The molecule has 2 aliphatic carbocycles. The molecule has 0 aliphatic heterocycles. The fourth-order valence-corrected chi connectivity index (χ4v) is 4.40. The molecule has 2 atom stereocenters. The van der Waals surface area contributed by atoms with Crippen LogP contribution in [-0.2, 0) is 17.6 Å². The summed E-state index contributed by atoms with van der Waals surface area (Å²) in [5.74, 6) is 0.393. The number of hydrazone groups is 1. The van der Waals surface area contributed by atoms with Crippen LogP contribution in [-0.4, -0.2) is 11.6 Å². The number of nitrogens with zero attached hydrogens (tertiary/aromatic N) is 1. The molecule has 0 radical (unpaired) electrons. The van der Waals surface area contributed by atoms with E-state index in [1.807, 2.05) is 25.1 Å². The first-order valence-corrected chi connectivity index (χ1v) is 9.65. The van der Waals surface area contributed by atoms with Crippen molar-refractivity contribution >= 4 is 22.4 Å². The highest BCUT2D eigenvalue weighted by Gasteiger charge is 2.43. The van der Waals surface area contributed by atoms with Crippen LogP contribution in [0.15, 0.2) is 65.8 Å². The first-order chi connectivity index (χ1) is 13.2. The number of aryl methyl sites for hydroxylation is 2. The van der Waals surface area contributed by atoms with Crippen LogP contribution in [0.2, 0.25) is 0 Å². The Hall–Kier alpha value is -2.94. The predicted octanol–water partition coefficient (Wildman–Crippen LogP) is 4.58. The van der Waals surface area contributed by atoms with Crippen molar-refractivity contribution in [2.75, 3.05) is 0 Å². The van der Waals surface area contributed by atoms with E-state index in [0.29, 0.717) is 5.92 Å². The smallest absolute Gasteiger partial charge is 0.243 e. The zero-order valence-corrected chi connectivity index (χ0v) is 15.4. The maximum absolute atomic E-state index is 12.5. The number of carbonyl (C=O) groups is 1. The Morgan fingerprint density at radius 3 is 2.56 bits per heavy atom. The van der Waals surface area contributed by atoms with Gasteiger partial charge >= 0.3 is 0 Å².